The van der Waals surface area contributed by atoms with Crippen LogP contribution in [-0.2, 0) is 4.79 Å². The molecule has 0 aliphatic heterocycles. The summed E-state index contributed by atoms with van der Waals surface area (Å²) in [6, 6.07) is 7.62. The van der Waals surface area contributed by atoms with Crippen molar-refractivity contribution in [3.8, 4) is 5.75 Å². The van der Waals surface area contributed by atoms with Crippen LogP contribution in [0.5, 0.6) is 5.75 Å². The Balaban J connectivity index is 2.47. The molecule has 1 N–H and O–H groups in total. The van der Waals surface area contributed by atoms with Gasteiger partial charge in [-0.15, -0.1) is 0 Å². The molecule has 1 aromatic heterocycles. The van der Waals surface area contributed by atoms with E-state index in [1.165, 1.54) is 6.92 Å². The van der Waals surface area contributed by atoms with E-state index in [0.717, 1.165) is 16.7 Å². The second-order valence-corrected chi connectivity index (χ2v) is 3.28. The summed E-state index contributed by atoms with van der Waals surface area (Å²) >= 11 is 0. The first kappa shape index (κ1) is 9.58. The quantitative estimate of drug-likeness (QED) is 0.809. The van der Waals surface area contributed by atoms with Crippen LogP contribution in [-0.4, -0.2) is 17.7 Å². The van der Waals surface area contributed by atoms with E-state index in [1.807, 2.05) is 30.5 Å². The van der Waals surface area contributed by atoms with E-state index in [1.54, 1.807) is 11.8 Å². The molecule has 0 radical (unpaired) electrons. The molecule has 0 bridgehead atoms. The molecule has 0 fully saturated rings. The first-order chi connectivity index (χ1) is 7.20. The lowest BCUT2D eigenvalue weighted by molar-refractivity contribution is -0.115. The zero-order chi connectivity index (χ0) is 10.8. The van der Waals surface area contributed by atoms with Crippen LogP contribution in [0.4, 0.5) is 0 Å². The molecular formula is C11H12N2O2. The minimum absolute atomic E-state index is 0.0941. The van der Waals surface area contributed by atoms with Gasteiger partial charge in [0.25, 0.3) is 0 Å². The zero-order valence-corrected chi connectivity index (χ0v) is 8.65. The Bertz CT molecular complexity index is 502. The molecule has 0 spiro atoms. The number of nitrogens with one attached hydrogen (secondary N) is 1. The lowest BCUT2D eigenvalue weighted by Gasteiger charge is -2.05. The fourth-order valence-corrected chi connectivity index (χ4v) is 1.51. The van der Waals surface area contributed by atoms with Crippen LogP contribution >= 0.6 is 0 Å². The number of ether oxygens (including phenoxy) is 1. The number of methoxy groups -OCH3 is 1. The molecule has 0 saturated heterocycles. The van der Waals surface area contributed by atoms with Crippen molar-refractivity contribution >= 4 is 16.8 Å². The number of amides is 1. The van der Waals surface area contributed by atoms with E-state index in [-0.39, 0.29) is 5.91 Å². The maximum Gasteiger partial charge on any atom is 0.235 e. The summed E-state index contributed by atoms with van der Waals surface area (Å²) in [5.41, 5.74) is 3.65. The molecule has 0 atom stereocenters. The maximum absolute atomic E-state index is 10.9. The number of nitrogens with zero attached hydrogens (tertiary/aromatic N) is 1. The van der Waals surface area contributed by atoms with Crippen molar-refractivity contribution in [1.82, 2.24) is 4.68 Å². The molecule has 0 saturated carbocycles. The number of carbonyl (C=O) groups is 1. The topological polar surface area (TPSA) is 43.3 Å². The first-order valence-electron chi connectivity index (χ1n) is 4.63. The average Bonchev–Trinajstić information content (AvgIpc) is 2.60. The predicted octanol–water partition coefficient (Wildman–Crippen LogP) is 1.74. The number of fused-ring (bicyclic) bond motifs is 1. The largest absolute Gasteiger partial charge is 0.497 e. The van der Waals surface area contributed by atoms with Gasteiger partial charge in [0.15, 0.2) is 0 Å². The molecule has 2 aromatic rings. The lowest BCUT2D eigenvalue weighted by Crippen LogP contribution is -2.18. The highest BCUT2D eigenvalue weighted by Crippen LogP contribution is 2.20. The third kappa shape index (κ3) is 1.79. The molecular weight excluding hydrogens is 192 g/mol. The van der Waals surface area contributed by atoms with Gasteiger partial charge in [-0.25, -0.2) is 0 Å². The SMILES string of the molecule is COc1ccc2c(ccn2NC(C)=O)c1. The van der Waals surface area contributed by atoms with Gasteiger partial charge in [-0.2, -0.15) is 0 Å². The lowest BCUT2D eigenvalue weighted by atomic mass is 10.2. The summed E-state index contributed by atoms with van der Waals surface area (Å²) in [6.45, 7) is 1.48. The van der Waals surface area contributed by atoms with Crippen molar-refractivity contribution in [2.45, 2.75) is 6.92 Å². The highest BCUT2D eigenvalue weighted by Gasteiger charge is 2.02. The molecule has 0 unspecified atom stereocenters. The third-order valence-electron chi connectivity index (χ3n) is 2.18. The molecule has 2 rings (SSSR count). The Kier molecular flexibility index (Phi) is 2.33. The number of hydrogen-bond donors (Lipinski definition) is 1. The molecule has 1 aromatic carbocycles. The van der Waals surface area contributed by atoms with Crippen molar-refractivity contribution in [2.75, 3.05) is 12.5 Å². The van der Waals surface area contributed by atoms with E-state index < -0.39 is 0 Å². The molecule has 1 heterocycles. The van der Waals surface area contributed by atoms with E-state index in [9.17, 15) is 4.79 Å². The van der Waals surface area contributed by atoms with Gasteiger partial charge in [0.1, 0.15) is 5.75 Å². The Morgan fingerprint density at radius 3 is 2.87 bits per heavy atom. The second-order valence-electron chi connectivity index (χ2n) is 3.28. The van der Waals surface area contributed by atoms with Gasteiger partial charge in [-0.05, 0) is 24.3 Å². The summed E-state index contributed by atoms with van der Waals surface area (Å²) in [5, 5.41) is 1.03. The molecule has 4 nitrogen and oxygen atoms in total. The van der Waals surface area contributed by atoms with Crippen LogP contribution in [0.15, 0.2) is 30.5 Å². The summed E-state index contributed by atoms with van der Waals surface area (Å²) in [7, 11) is 1.63. The summed E-state index contributed by atoms with van der Waals surface area (Å²) in [6.07, 6.45) is 1.81. The van der Waals surface area contributed by atoms with E-state index >= 15 is 0 Å². The van der Waals surface area contributed by atoms with Gasteiger partial charge in [0.2, 0.25) is 5.91 Å². The van der Waals surface area contributed by atoms with E-state index in [0.29, 0.717) is 0 Å². The molecule has 0 aliphatic rings. The first-order valence-corrected chi connectivity index (χ1v) is 4.63. The van der Waals surface area contributed by atoms with Crippen molar-refractivity contribution in [3.05, 3.63) is 30.5 Å². The Morgan fingerprint density at radius 1 is 1.40 bits per heavy atom. The molecule has 78 valence electrons. The Hall–Kier alpha value is -1.97. The van der Waals surface area contributed by atoms with Crippen molar-refractivity contribution in [1.29, 1.82) is 0 Å². The standard InChI is InChI=1S/C11H12N2O2/c1-8(14)12-13-6-5-9-7-10(15-2)3-4-11(9)13/h3-7H,1-2H3,(H,12,14). The number of carbonyl (C=O) groups excluding carboxylic acids is 1. The zero-order valence-electron chi connectivity index (χ0n) is 8.65. The number of benzene rings is 1. The van der Waals surface area contributed by atoms with Crippen LogP contribution in [0.1, 0.15) is 6.92 Å². The maximum atomic E-state index is 10.9. The summed E-state index contributed by atoms with van der Waals surface area (Å²) in [4.78, 5) is 10.9. The van der Waals surface area contributed by atoms with Crippen molar-refractivity contribution in [2.24, 2.45) is 0 Å². The predicted molar refractivity (Wildman–Crippen MR) is 58.5 cm³/mol. The second kappa shape index (κ2) is 3.65. The highest BCUT2D eigenvalue weighted by atomic mass is 16.5. The average molecular weight is 204 g/mol. The summed E-state index contributed by atoms with van der Waals surface area (Å²) in [5.74, 6) is 0.714. The van der Waals surface area contributed by atoms with Crippen molar-refractivity contribution in [3.63, 3.8) is 0 Å². The summed E-state index contributed by atoms with van der Waals surface area (Å²) < 4.78 is 6.81. The monoisotopic (exact) mass is 204 g/mol. The van der Waals surface area contributed by atoms with Crippen molar-refractivity contribution < 1.29 is 9.53 Å². The molecule has 4 heteroatoms. The van der Waals surface area contributed by atoms with Crippen LogP contribution in [0.25, 0.3) is 10.9 Å². The third-order valence-corrected chi connectivity index (χ3v) is 2.18. The Morgan fingerprint density at radius 2 is 2.20 bits per heavy atom. The Labute approximate surface area is 87.4 Å². The van der Waals surface area contributed by atoms with Crippen LogP contribution in [0, 0.1) is 0 Å². The van der Waals surface area contributed by atoms with E-state index in [4.69, 9.17) is 4.74 Å². The minimum Gasteiger partial charge on any atom is -0.497 e. The fourth-order valence-electron chi connectivity index (χ4n) is 1.51. The van der Waals surface area contributed by atoms with Gasteiger partial charge >= 0.3 is 0 Å². The van der Waals surface area contributed by atoms with Gasteiger partial charge in [0, 0.05) is 18.5 Å². The van der Waals surface area contributed by atoms with Crippen LogP contribution in [0.2, 0.25) is 0 Å². The minimum atomic E-state index is -0.0941. The van der Waals surface area contributed by atoms with Gasteiger partial charge < -0.3 is 4.74 Å². The highest BCUT2D eigenvalue weighted by molar-refractivity contribution is 5.86. The van der Waals surface area contributed by atoms with Gasteiger partial charge in [-0.3, -0.25) is 14.9 Å². The van der Waals surface area contributed by atoms with Gasteiger partial charge in [0.05, 0.1) is 12.6 Å². The number of hydrogen-bond acceptors (Lipinski definition) is 2. The van der Waals surface area contributed by atoms with E-state index in [2.05, 4.69) is 5.43 Å². The van der Waals surface area contributed by atoms with Gasteiger partial charge in [-0.1, -0.05) is 0 Å². The van der Waals surface area contributed by atoms with Crippen LogP contribution in [0.3, 0.4) is 0 Å². The number of aromatic nitrogens is 1. The number of rotatable bonds is 2. The smallest absolute Gasteiger partial charge is 0.235 e. The van der Waals surface area contributed by atoms with Crippen LogP contribution < -0.4 is 10.2 Å². The normalized spacial score (nSPS) is 10.3. The molecule has 15 heavy (non-hydrogen) atoms. The fraction of sp³-hybridized carbons (Fsp3) is 0.182. The molecule has 1 amide bonds. The molecule has 0 aliphatic carbocycles.